The highest BCUT2D eigenvalue weighted by Crippen LogP contribution is 2.29. The first-order valence-corrected chi connectivity index (χ1v) is 6.34. The molecule has 92 valence electrons. The van der Waals surface area contributed by atoms with Gasteiger partial charge in [-0.3, -0.25) is 0 Å². The molecular weight excluding hydrogens is 295 g/mol. The molecule has 0 amide bonds. The fraction of sp³-hybridized carbons (Fsp3) is 0. The van der Waals surface area contributed by atoms with Crippen LogP contribution < -0.4 is 0 Å². The van der Waals surface area contributed by atoms with Crippen molar-refractivity contribution in [2.24, 2.45) is 0 Å². The number of hydrogen-bond acceptors (Lipinski definition) is 4. The molecule has 0 aliphatic rings. The molecule has 2 heterocycles. The number of nitrogens with zero attached hydrogens (tertiary/aromatic N) is 2. The SMILES string of the molecule is O=C(O)c1ccc(Cl)nc1Sc1cccc(Cl)n1. The third-order valence-electron chi connectivity index (χ3n) is 1.95. The van der Waals surface area contributed by atoms with Gasteiger partial charge in [-0.1, -0.05) is 29.3 Å². The average Bonchev–Trinajstić information content (AvgIpc) is 2.28. The summed E-state index contributed by atoms with van der Waals surface area (Å²) in [6.07, 6.45) is 0. The standard InChI is InChI=1S/C11H6Cl2N2O2S/c12-7-2-1-3-9(14-7)18-10-6(11(16)17)4-5-8(13)15-10/h1-5H,(H,16,17). The molecule has 0 fully saturated rings. The monoisotopic (exact) mass is 300 g/mol. The molecule has 18 heavy (non-hydrogen) atoms. The minimum Gasteiger partial charge on any atom is -0.478 e. The van der Waals surface area contributed by atoms with Gasteiger partial charge in [-0.15, -0.1) is 0 Å². The van der Waals surface area contributed by atoms with E-state index in [2.05, 4.69) is 9.97 Å². The summed E-state index contributed by atoms with van der Waals surface area (Å²) in [5.74, 6) is -1.07. The summed E-state index contributed by atoms with van der Waals surface area (Å²) < 4.78 is 0. The van der Waals surface area contributed by atoms with Crippen molar-refractivity contribution in [1.82, 2.24) is 9.97 Å². The Morgan fingerprint density at radius 3 is 2.50 bits per heavy atom. The summed E-state index contributed by atoms with van der Waals surface area (Å²) in [7, 11) is 0. The van der Waals surface area contributed by atoms with Crippen molar-refractivity contribution in [2.75, 3.05) is 0 Å². The largest absolute Gasteiger partial charge is 0.478 e. The van der Waals surface area contributed by atoms with Crippen molar-refractivity contribution in [3.63, 3.8) is 0 Å². The Kier molecular flexibility index (Phi) is 4.06. The van der Waals surface area contributed by atoms with Crippen LogP contribution >= 0.6 is 35.0 Å². The number of pyridine rings is 2. The molecule has 0 aliphatic carbocycles. The van der Waals surface area contributed by atoms with Gasteiger partial charge in [0.05, 0.1) is 5.56 Å². The van der Waals surface area contributed by atoms with Gasteiger partial charge >= 0.3 is 5.97 Å². The summed E-state index contributed by atoms with van der Waals surface area (Å²) in [4.78, 5) is 19.1. The van der Waals surface area contributed by atoms with E-state index in [1.165, 1.54) is 12.1 Å². The van der Waals surface area contributed by atoms with Crippen molar-refractivity contribution in [2.45, 2.75) is 10.1 Å². The first kappa shape index (κ1) is 13.1. The first-order valence-electron chi connectivity index (χ1n) is 4.76. The molecule has 0 atom stereocenters. The van der Waals surface area contributed by atoms with Crippen molar-refractivity contribution >= 4 is 40.9 Å². The molecule has 2 aromatic rings. The number of carboxylic acids is 1. The number of hydrogen-bond donors (Lipinski definition) is 1. The molecule has 4 nitrogen and oxygen atoms in total. The molecule has 7 heteroatoms. The second-order valence-corrected chi connectivity index (χ2v) is 4.98. The maximum Gasteiger partial charge on any atom is 0.338 e. The number of rotatable bonds is 3. The van der Waals surface area contributed by atoms with Crippen LogP contribution in [-0.4, -0.2) is 21.0 Å². The smallest absolute Gasteiger partial charge is 0.338 e. The third-order valence-corrected chi connectivity index (χ3v) is 3.31. The van der Waals surface area contributed by atoms with Gasteiger partial charge in [-0.05, 0) is 36.0 Å². The Hall–Kier alpha value is -1.30. The molecule has 2 rings (SSSR count). The van der Waals surface area contributed by atoms with E-state index >= 15 is 0 Å². The predicted molar refractivity (Wildman–Crippen MR) is 69.6 cm³/mol. The van der Waals surface area contributed by atoms with Crippen LogP contribution in [-0.2, 0) is 0 Å². The van der Waals surface area contributed by atoms with E-state index in [0.29, 0.717) is 10.2 Å². The van der Waals surface area contributed by atoms with E-state index in [0.717, 1.165) is 11.8 Å². The van der Waals surface area contributed by atoms with Gasteiger partial charge in [0.2, 0.25) is 0 Å². The van der Waals surface area contributed by atoms with Crippen LogP contribution in [0.1, 0.15) is 10.4 Å². The van der Waals surface area contributed by atoms with Crippen LogP contribution in [0.5, 0.6) is 0 Å². The molecule has 0 spiro atoms. The van der Waals surface area contributed by atoms with Gasteiger partial charge < -0.3 is 5.11 Å². The number of aromatic nitrogens is 2. The Labute approximate surface area is 117 Å². The van der Waals surface area contributed by atoms with E-state index in [9.17, 15) is 4.79 Å². The number of carbonyl (C=O) groups is 1. The molecule has 2 aromatic heterocycles. The van der Waals surface area contributed by atoms with Gasteiger partial charge in [0.1, 0.15) is 20.4 Å². The molecule has 0 bridgehead atoms. The second kappa shape index (κ2) is 5.56. The van der Waals surface area contributed by atoms with Crippen LogP contribution in [0.4, 0.5) is 0 Å². The van der Waals surface area contributed by atoms with Gasteiger partial charge in [0.15, 0.2) is 0 Å². The Bertz CT molecular complexity index is 607. The lowest BCUT2D eigenvalue weighted by molar-refractivity contribution is 0.0692. The van der Waals surface area contributed by atoms with Crippen molar-refractivity contribution < 1.29 is 9.90 Å². The molecule has 0 aliphatic heterocycles. The zero-order valence-electron chi connectivity index (χ0n) is 8.80. The quantitative estimate of drug-likeness (QED) is 0.877. The lowest BCUT2D eigenvalue weighted by Gasteiger charge is -2.04. The minimum absolute atomic E-state index is 0.0752. The van der Waals surface area contributed by atoms with Gasteiger partial charge in [0, 0.05) is 0 Å². The highest BCUT2D eigenvalue weighted by atomic mass is 35.5. The summed E-state index contributed by atoms with van der Waals surface area (Å²) in [5, 5.41) is 10.4. The Morgan fingerprint density at radius 1 is 1.11 bits per heavy atom. The van der Waals surface area contributed by atoms with E-state index in [1.807, 2.05) is 0 Å². The number of aromatic carboxylic acids is 1. The minimum atomic E-state index is -1.07. The third kappa shape index (κ3) is 3.13. The zero-order valence-corrected chi connectivity index (χ0v) is 11.1. The number of halogens is 2. The highest BCUT2D eigenvalue weighted by Gasteiger charge is 2.14. The van der Waals surface area contributed by atoms with Crippen LogP contribution in [0.15, 0.2) is 40.4 Å². The molecule has 1 N–H and O–H groups in total. The second-order valence-electron chi connectivity index (χ2n) is 3.19. The maximum absolute atomic E-state index is 11.0. The molecule has 0 radical (unpaired) electrons. The van der Waals surface area contributed by atoms with Gasteiger partial charge in [-0.2, -0.15) is 0 Å². The van der Waals surface area contributed by atoms with Crippen LogP contribution in [0, 0.1) is 0 Å². The Balaban J connectivity index is 2.39. The van der Waals surface area contributed by atoms with Crippen LogP contribution in [0.3, 0.4) is 0 Å². The van der Waals surface area contributed by atoms with Crippen molar-refractivity contribution in [3.8, 4) is 0 Å². The van der Waals surface area contributed by atoms with Gasteiger partial charge in [-0.25, -0.2) is 14.8 Å². The lowest BCUT2D eigenvalue weighted by Crippen LogP contribution is -2.00. The molecule has 0 saturated heterocycles. The van der Waals surface area contributed by atoms with Crippen LogP contribution in [0.2, 0.25) is 10.3 Å². The summed E-state index contributed by atoms with van der Waals surface area (Å²) in [5.41, 5.74) is 0.0752. The highest BCUT2D eigenvalue weighted by molar-refractivity contribution is 7.99. The van der Waals surface area contributed by atoms with Crippen LogP contribution in [0.25, 0.3) is 0 Å². The summed E-state index contributed by atoms with van der Waals surface area (Å²) in [6, 6.07) is 7.91. The average molecular weight is 301 g/mol. The topological polar surface area (TPSA) is 63.1 Å². The maximum atomic E-state index is 11.0. The van der Waals surface area contributed by atoms with Gasteiger partial charge in [0.25, 0.3) is 0 Å². The van der Waals surface area contributed by atoms with Crippen molar-refractivity contribution in [1.29, 1.82) is 0 Å². The normalized spacial score (nSPS) is 10.3. The van der Waals surface area contributed by atoms with E-state index in [1.54, 1.807) is 18.2 Å². The fourth-order valence-corrected chi connectivity index (χ4v) is 2.51. The lowest BCUT2D eigenvalue weighted by atomic mass is 10.3. The molecular formula is C11H6Cl2N2O2S. The van der Waals surface area contributed by atoms with E-state index < -0.39 is 5.97 Å². The molecule has 0 saturated carbocycles. The predicted octanol–water partition coefficient (Wildman–Crippen LogP) is 3.63. The molecule has 0 aromatic carbocycles. The first-order chi connectivity index (χ1) is 8.56. The molecule has 0 unspecified atom stereocenters. The zero-order chi connectivity index (χ0) is 13.1. The summed E-state index contributed by atoms with van der Waals surface area (Å²) >= 11 is 12.6. The van der Waals surface area contributed by atoms with E-state index in [4.69, 9.17) is 28.3 Å². The van der Waals surface area contributed by atoms with Crippen molar-refractivity contribution in [3.05, 3.63) is 46.2 Å². The van der Waals surface area contributed by atoms with E-state index in [-0.39, 0.29) is 15.7 Å². The summed E-state index contributed by atoms with van der Waals surface area (Å²) in [6.45, 7) is 0. The number of carboxylic acid groups (broad SMARTS) is 1. The Morgan fingerprint density at radius 2 is 1.83 bits per heavy atom. The fourth-order valence-electron chi connectivity index (χ4n) is 1.20.